The first-order valence-corrected chi connectivity index (χ1v) is 19.4. The number of hydrogen-bond acceptors (Lipinski definition) is 0. The fraction of sp³-hybridized carbons (Fsp3) is 0.273. The van der Waals surface area contributed by atoms with E-state index in [0.29, 0.717) is 9.04 Å². The van der Waals surface area contributed by atoms with E-state index in [1.165, 1.54) is 11.1 Å². The van der Waals surface area contributed by atoms with Gasteiger partial charge in [-0.15, -0.1) is 0 Å². The van der Waals surface area contributed by atoms with Crippen LogP contribution < -0.4 is 24.8 Å². The Morgan fingerprint density at radius 1 is 0.741 bits per heavy atom. The molecule has 0 saturated carbocycles. The average molecular weight is 511 g/mol. The summed E-state index contributed by atoms with van der Waals surface area (Å²) in [7, 11) is -0.101. The van der Waals surface area contributed by atoms with Crippen molar-refractivity contribution in [2.75, 3.05) is 0 Å². The summed E-state index contributed by atoms with van der Waals surface area (Å²) in [4.78, 5) is 0. The molecule has 2 aliphatic rings. The summed E-state index contributed by atoms with van der Waals surface area (Å²) >= 11 is -0.542. The van der Waals surface area contributed by atoms with Crippen LogP contribution in [0, 0.1) is 0 Å². The predicted octanol–water partition coefficient (Wildman–Crippen LogP) is -0.349. The average Bonchev–Trinajstić information content (AvgIpc) is 3.20. The molecule has 0 N–H and O–H groups in total. The number of halogens is 2. The Bertz CT molecular complexity index is 737. The van der Waals surface area contributed by atoms with E-state index in [-0.39, 0.29) is 24.8 Å². The number of fused-ring (bicyclic) bond motifs is 2. The molecule has 0 bridgehead atoms. The topological polar surface area (TPSA) is 0 Å². The van der Waals surface area contributed by atoms with Gasteiger partial charge >= 0.3 is 126 Å². The Labute approximate surface area is 191 Å². The second kappa shape index (κ2) is 11.1. The largest absolute Gasteiger partial charge is 1.00 e. The fourth-order valence-corrected chi connectivity index (χ4v) is 7.13. The van der Waals surface area contributed by atoms with Crippen LogP contribution in [0.2, 0.25) is 26.2 Å². The third-order valence-corrected chi connectivity index (χ3v) is 17.7. The van der Waals surface area contributed by atoms with Crippen LogP contribution >= 0.6 is 0 Å². The Morgan fingerprint density at radius 3 is 1.48 bits per heavy atom. The summed E-state index contributed by atoms with van der Waals surface area (Å²) in [6.45, 7) is 9.74. The molecule has 2 unspecified atom stereocenters. The molecule has 0 spiro atoms. The molecule has 0 heterocycles. The zero-order valence-corrected chi connectivity index (χ0v) is 22.9. The summed E-state index contributed by atoms with van der Waals surface area (Å²) in [6.07, 6.45) is 9.49. The van der Waals surface area contributed by atoms with Crippen LogP contribution in [0.1, 0.15) is 29.5 Å². The Morgan fingerprint density at radius 2 is 1.11 bits per heavy atom. The van der Waals surface area contributed by atoms with Crippen molar-refractivity contribution in [3.05, 3.63) is 82.9 Å². The summed E-state index contributed by atoms with van der Waals surface area (Å²) in [5, 5.41) is 0. The molecule has 0 saturated heterocycles. The zero-order chi connectivity index (χ0) is 17.9. The maximum atomic E-state index is 2.44. The van der Waals surface area contributed by atoms with Crippen molar-refractivity contribution in [3.63, 3.8) is 0 Å². The smallest absolute Gasteiger partial charge is 0.0307 e. The molecular formula is C22H28Cl2Si2Zr. The first kappa shape index (κ1) is 24.9. The van der Waals surface area contributed by atoms with Crippen LogP contribution in [0.4, 0.5) is 0 Å². The first-order valence-electron chi connectivity index (χ1n) is 9.28. The van der Waals surface area contributed by atoms with Crippen molar-refractivity contribution in [3.8, 4) is 0 Å². The molecular weight excluding hydrogens is 483 g/mol. The van der Waals surface area contributed by atoms with Gasteiger partial charge in [0.15, 0.2) is 0 Å². The minimum atomic E-state index is -0.542. The number of hydrogen-bond donors (Lipinski definition) is 0. The first-order chi connectivity index (χ1) is 12.0. The second-order valence-corrected chi connectivity index (χ2v) is 26.2. The molecule has 27 heavy (non-hydrogen) atoms. The molecule has 2 aliphatic carbocycles. The van der Waals surface area contributed by atoms with Crippen molar-refractivity contribution >= 4 is 28.8 Å². The molecule has 0 amide bonds. The fourth-order valence-electron chi connectivity index (χ4n) is 2.98. The summed E-state index contributed by atoms with van der Waals surface area (Å²) < 4.78 is 1.47. The van der Waals surface area contributed by atoms with Gasteiger partial charge in [0.2, 0.25) is 0 Å². The van der Waals surface area contributed by atoms with Gasteiger partial charge in [-0.1, -0.05) is 26.2 Å². The Hall–Kier alpha value is -0.183. The molecule has 2 atom stereocenters. The van der Waals surface area contributed by atoms with Crippen LogP contribution in [0.3, 0.4) is 0 Å². The molecule has 142 valence electrons. The van der Waals surface area contributed by atoms with Gasteiger partial charge in [-0.2, -0.15) is 0 Å². The molecule has 2 aromatic rings. The summed E-state index contributed by atoms with van der Waals surface area (Å²) in [5.74, 6) is 0. The van der Waals surface area contributed by atoms with E-state index in [1.807, 2.05) is 0 Å². The van der Waals surface area contributed by atoms with Crippen molar-refractivity contribution < 1.29 is 48.0 Å². The van der Waals surface area contributed by atoms with E-state index in [1.54, 1.807) is 11.1 Å². The van der Waals surface area contributed by atoms with E-state index in [0.717, 1.165) is 7.25 Å². The molecule has 4 rings (SSSR count). The van der Waals surface area contributed by atoms with E-state index in [2.05, 4.69) is 99.0 Å². The van der Waals surface area contributed by atoms with Gasteiger partial charge in [-0.25, -0.2) is 0 Å². The SMILES string of the molecule is C1=C[CH]([Zr+2][CH]2C=Cc3ccccc32)c2ccccc21.C[SiH2][Si](C)(C)C.[Cl-].[Cl-]. The molecule has 0 fully saturated rings. The summed E-state index contributed by atoms with van der Waals surface area (Å²) in [5.41, 5.74) is 5.99. The molecule has 0 aromatic heterocycles. The van der Waals surface area contributed by atoms with Gasteiger partial charge in [-0.05, 0) is 0 Å². The monoisotopic (exact) mass is 508 g/mol. The maximum Gasteiger partial charge on any atom is 0.0307 e. The molecule has 0 nitrogen and oxygen atoms in total. The van der Waals surface area contributed by atoms with Gasteiger partial charge in [-0.3, -0.25) is 0 Å². The molecule has 0 aliphatic heterocycles. The van der Waals surface area contributed by atoms with Crippen LogP contribution in [-0.2, 0) is 23.2 Å². The number of allylic oxidation sites excluding steroid dienone is 2. The van der Waals surface area contributed by atoms with Gasteiger partial charge in [0.1, 0.15) is 0 Å². The van der Waals surface area contributed by atoms with Gasteiger partial charge in [0.05, 0.1) is 0 Å². The van der Waals surface area contributed by atoms with Gasteiger partial charge in [0, 0.05) is 16.6 Å². The predicted molar refractivity (Wildman–Crippen MR) is 114 cm³/mol. The van der Waals surface area contributed by atoms with E-state index in [4.69, 9.17) is 0 Å². The van der Waals surface area contributed by atoms with Crippen molar-refractivity contribution in [2.24, 2.45) is 0 Å². The summed E-state index contributed by atoms with van der Waals surface area (Å²) in [6, 6.07) is 17.7. The van der Waals surface area contributed by atoms with Crippen LogP contribution in [0.15, 0.2) is 60.7 Å². The molecule has 2 aromatic carbocycles. The zero-order valence-electron chi connectivity index (χ0n) is 16.5. The minimum absolute atomic E-state index is 0. The van der Waals surface area contributed by atoms with Crippen molar-refractivity contribution in [1.82, 2.24) is 0 Å². The van der Waals surface area contributed by atoms with Crippen LogP contribution in [0.5, 0.6) is 0 Å². The number of rotatable bonds is 3. The van der Waals surface area contributed by atoms with Gasteiger partial charge < -0.3 is 24.8 Å². The van der Waals surface area contributed by atoms with Crippen LogP contribution in [0.25, 0.3) is 12.2 Å². The normalized spacial score (nSPS) is 18.7. The van der Waals surface area contributed by atoms with Crippen molar-refractivity contribution in [1.29, 1.82) is 0 Å². The number of benzene rings is 2. The van der Waals surface area contributed by atoms with Gasteiger partial charge in [0.25, 0.3) is 0 Å². The Kier molecular flexibility index (Phi) is 10.2. The third kappa shape index (κ3) is 6.68. The quantitative estimate of drug-likeness (QED) is 0.496. The van der Waals surface area contributed by atoms with Crippen LogP contribution in [-0.4, -0.2) is 16.6 Å². The van der Waals surface area contributed by atoms with E-state index in [9.17, 15) is 0 Å². The maximum absolute atomic E-state index is 2.44. The third-order valence-electron chi connectivity index (χ3n) is 5.02. The molecule has 5 heteroatoms. The van der Waals surface area contributed by atoms with Crippen molar-refractivity contribution in [2.45, 2.75) is 33.4 Å². The van der Waals surface area contributed by atoms with E-state index < -0.39 is 30.8 Å². The molecule has 0 radical (unpaired) electrons. The second-order valence-electron chi connectivity index (χ2n) is 8.01. The minimum Gasteiger partial charge on any atom is -1.00 e. The van der Waals surface area contributed by atoms with E-state index >= 15 is 0 Å². The standard InChI is InChI=1S/2C9H7.C4H14Si2.2ClH.Zr/c2*1-2-5-9-7-3-6-8(9)4-1;1-5-6(2,3)4;;;/h2*1-7H;5H2,1-4H3;2*1H;/q;;;;;+2/p-2. The Balaban J connectivity index is 0.000000403.